The fourth-order valence-corrected chi connectivity index (χ4v) is 1.94. The Morgan fingerprint density at radius 2 is 2.13 bits per heavy atom. The van der Waals surface area contributed by atoms with Gasteiger partial charge in [-0.05, 0) is 18.2 Å². The first-order chi connectivity index (χ1) is 11.0. The minimum Gasteiger partial charge on any atom is -0.480 e. The van der Waals surface area contributed by atoms with Crippen molar-refractivity contribution in [1.29, 1.82) is 0 Å². The molecule has 23 heavy (non-hydrogen) atoms. The van der Waals surface area contributed by atoms with Crippen molar-refractivity contribution in [2.45, 2.75) is 12.5 Å². The van der Waals surface area contributed by atoms with E-state index in [2.05, 4.69) is 10.4 Å². The summed E-state index contributed by atoms with van der Waals surface area (Å²) < 4.78 is 19.7. The van der Waals surface area contributed by atoms with Gasteiger partial charge < -0.3 is 15.2 Å². The predicted molar refractivity (Wildman–Crippen MR) is 78.9 cm³/mol. The average molecular weight is 321 g/mol. The minimum atomic E-state index is -1.16. The Balaban J connectivity index is 2.12. The van der Waals surface area contributed by atoms with Crippen molar-refractivity contribution in [1.82, 2.24) is 15.1 Å². The van der Waals surface area contributed by atoms with Crippen LogP contribution < -0.4 is 5.32 Å². The molecule has 1 aromatic carbocycles. The Bertz CT molecular complexity index is 702. The summed E-state index contributed by atoms with van der Waals surface area (Å²) in [6.45, 7) is 0.195. The van der Waals surface area contributed by atoms with Crippen LogP contribution in [-0.2, 0) is 9.53 Å². The van der Waals surface area contributed by atoms with Crippen molar-refractivity contribution in [3.05, 3.63) is 48.0 Å². The van der Waals surface area contributed by atoms with Gasteiger partial charge in [-0.1, -0.05) is 12.1 Å². The number of benzene rings is 1. The van der Waals surface area contributed by atoms with E-state index in [0.29, 0.717) is 0 Å². The third kappa shape index (κ3) is 4.13. The van der Waals surface area contributed by atoms with Gasteiger partial charge in [0.05, 0.1) is 0 Å². The Morgan fingerprint density at radius 3 is 2.78 bits per heavy atom. The van der Waals surface area contributed by atoms with Crippen molar-refractivity contribution in [3.8, 4) is 5.69 Å². The summed E-state index contributed by atoms with van der Waals surface area (Å²) in [5.41, 5.74) is 0.192. The number of carboxylic acid groups (broad SMARTS) is 1. The summed E-state index contributed by atoms with van der Waals surface area (Å²) >= 11 is 0. The Hall–Kier alpha value is -2.74. The normalized spacial score (nSPS) is 11.9. The van der Waals surface area contributed by atoms with Crippen LogP contribution >= 0.6 is 0 Å². The first-order valence-electron chi connectivity index (χ1n) is 6.86. The van der Waals surface area contributed by atoms with Crippen LogP contribution in [0.15, 0.2) is 36.5 Å². The van der Waals surface area contributed by atoms with E-state index in [0.717, 1.165) is 0 Å². The van der Waals surface area contributed by atoms with Crippen molar-refractivity contribution < 1.29 is 23.8 Å². The van der Waals surface area contributed by atoms with Gasteiger partial charge in [0.2, 0.25) is 0 Å². The first-order valence-corrected chi connectivity index (χ1v) is 6.86. The molecule has 1 aromatic heterocycles. The van der Waals surface area contributed by atoms with Gasteiger partial charge in [0.1, 0.15) is 17.5 Å². The summed E-state index contributed by atoms with van der Waals surface area (Å²) in [7, 11) is 1.44. The minimum absolute atomic E-state index is 0.00285. The molecule has 7 nitrogen and oxygen atoms in total. The second-order valence-corrected chi connectivity index (χ2v) is 4.74. The maximum Gasteiger partial charge on any atom is 0.326 e. The lowest BCUT2D eigenvalue weighted by Crippen LogP contribution is -2.41. The maximum atomic E-state index is 13.7. The number of carbonyl (C=O) groups is 2. The van der Waals surface area contributed by atoms with Crippen molar-refractivity contribution in [3.63, 3.8) is 0 Å². The molecule has 2 N–H and O–H groups in total. The van der Waals surface area contributed by atoms with E-state index in [1.54, 1.807) is 12.1 Å². The molecule has 0 bridgehead atoms. The number of aliphatic carboxylic acids is 1. The molecule has 0 spiro atoms. The summed E-state index contributed by atoms with van der Waals surface area (Å²) in [4.78, 5) is 23.2. The molecule has 1 amide bonds. The molecule has 0 fully saturated rings. The van der Waals surface area contributed by atoms with E-state index >= 15 is 0 Å². The van der Waals surface area contributed by atoms with Gasteiger partial charge in [0.15, 0.2) is 5.69 Å². The Labute approximate surface area is 131 Å². The van der Waals surface area contributed by atoms with Gasteiger partial charge in [-0.25, -0.2) is 13.9 Å². The first kappa shape index (κ1) is 16.6. The number of para-hydroxylation sites is 1. The summed E-state index contributed by atoms with van der Waals surface area (Å²) in [5, 5.41) is 15.4. The number of carboxylic acids is 1. The third-order valence-corrected chi connectivity index (χ3v) is 3.14. The van der Waals surface area contributed by atoms with Gasteiger partial charge >= 0.3 is 5.97 Å². The molecule has 0 radical (unpaired) electrons. The molecule has 0 aliphatic carbocycles. The molecule has 1 atom stereocenters. The molecule has 0 saturated heterocycles. The number of aromatic nitrogens is 2. The van der Waals surface area contributed by atoms with Crippen LogP contribution in [0.25, 0.3) is 5.69 Å². The Morgan fingerprint density at radius 1 is 1.39 bits per heavy atom. The number of nitrogens with one attached hydrogen (secondary N) is 1. The largest absolute Gasteiger partial charge is 0.480 e. The van der Waals surface area contributed by atoms with Gasteiger partial charge in [-0.2, -0.15) is 5.10 Å². The van der Waals surface area contributed by atoms with Gasteiger partial charge in [-0.15, -0.1) is 0 Å². The van der Waals surface area contributed by atoms with Gasteiger partial charge in [0.25, 0.3) is 5.91 Å². The fraction of sp³-hybridized carbons (Fsp3) is 0.267. The number of methoxy groups -OCH3 is 1. The van der Waals surface area contributed by atoms with E-state index in [9.17, 15) is 14.0 Å². The van der Waals surface area contributed by atoms with E-state index in [-0.39, 0.29) is 24.4 Å². The van der Waals surface area contributed by atoms with Crippen LogP contribution in [0, 0.1) is 5.82 Å². The zero-order chi connectivity index (χ0) is 16.8. The van der Waals surface area contributed by atoms with Crippen LogP contribution in [0.5, 0.6) is 0 Å². The van der Waals surface area contributed by atoms with Crippen LogP contribution in [0.4, 0.5) is 4.39 Å². The second-order valence-electron chi connectivity index (χ2n) is 4.74. The molecule has 0 aliphatic rings. The number of carbonyl (C=O) groups excluding carboxylic acids is 1. The highest BCUT2D eigenvalue weighted by Crippen LogP contribution is 2.12. The fourth-order valence-electron chi connectivity index (χ4n) is 1.94. The second kappa shape index (κ2) is 7.50. The van der Waals surface area contributed by atoms with Crippen LogP contribution in [0.2, 0.25) is 0 Å². The monoisotopic (exact) mass is 321 g/mol. The van der Waals surface area contributed by atoms with E-state index in [1.807, 2.05) is 0 Å². The zero-order valence-corrected chi connectivity index (χ0v) is 12.4. The van der Waals surface area contributed by atoms with Crippen LogP contribution in [0.3, 0.4) is 0 Å². The smallest absolute Gasteiger partial charge is 0.326 e. The lowest BCUT2D eigenvalue weighted by molar-refractivity contribution is -0.139. The molecule has 2 rings (SSSR count). The molecule has 8 heteroatoms. The number of hydrogen-bond donors (Lipinski definition) is 2. The van der Waals surface area contributed by atoms with Gasteiger partial charge in [-0.3, -0.25) is 4.79 Å². The van der Waals surface area contributed by atoms with E-state index < -0.39 is 23.7 Å². The van der Waals surface area contributed by atoms with Gasteiger partial charge in [0, 0.05) is 26.3 Å². The third-order valence-electron chi connectivity index (χ3n) is 3.14. The highest BCUT2D eigenvalue weighted by molar-refractivity contribution is 5.94. The number of ether oxygens (including phenoxy) is 1. The lowest BCUT2D eigenvalue weighted by atomic mass is 10.2. The predicted octanol–water partition coefficient (Wildman–Crippen LogP) is 1.23. The quantitative estimate of drug-likeness (QED) is 0.800. The zero-order valence-electron chi connectivity index (χ0n) is 12.4. The highest BCUT2D eigenvalue weighted by atomic mass is 19.1. The molecule has 2 aromatic rings. The molecular weight excluding hydrogens is 305 g/mol. The molecule has 0 saturated carbocycles. The lowest BCUT2D eigenvalue weighted by Gasteiger charge is -2.12. The van der Waals surface area contributed by atoms with Crippen molar-refractivity contribution in [2.75, 3.05) is 13.7 Å². The standard InChI is InChI=1S/C15H16FN3O4/c1-23-9-7-12(15(21)22)17-14(20)11-6-8-19(18-11)13-5-3-2-4-10(13)16/h2-6,8,12H,7,9H2,1H3,(H,17,20)(H,21,22). The summed E-state index contributed by atoms with van der Waals surface area (Å²) in [6.07, 6.45) is 1.56. The maximum absolute atomic E-state index is 13.7. The van der Waals surface area contributed by atoms with E-state index in [1.165, 1.54) is 36.2 Å². The van der Waals surface area contributed by atoms with Crippen molar-refractivity contribution >= 4 is 11.9 Å². The molecule has 0 aliphatic heterocycles. The number of rotatable bonds is 7. The highest BCUT2D eigenvalue weighted by Gasteiger charge is 2.21. The molecule has 122 valence electrons. The summed E-state index contributed by atoms with van der Waals surface area (Å²) in [6, 6.07) is 6.29. The molecule has 1 heterocycles. The number of hydrogen-bond acceptors (Lipinski definition) is 4. The average Bonchev–Trinajstić information content (AvgIpc) is 3.01. The molecular formula is C15H16FN3O4. The van der Waals surface area contributed by atoms with Crippen LogP contribution in [-0.4, -0.2) is 46.5 Å². The SMILES string of the molecule is COCCC(NC(=O)c1ccn(-c2ccccc2F)n1)C(=O)O. The van der Waals surface area contributed by atoms with E-state index in [4.69, 9.17) is 9.84 Å². The number of amides is 1. The summed E-state index contributed by atoms with van der Waals surface area (Å²) in [5.74, 6) is -2.29. The number of nitrogens with zero attached hydrogens (tertiary/aromatic N) is 2. The number of halogens is 1. The van der Waals surface area contributed by atoms with Crippen LogP contribution in [0.1, 0.15) is 16.9 Å². The molecule has 1 unspecified atom stereocenters. The van der Waals surface area contributed by atoms with Crippen molar-refractivity contribution in [2.24, 2.45) is 0 Å². The Kier molecular flexibility index (Phi) is 5.42. The topological polar surface area (TPSA) is 93.5 Å².